The maximum atomic E-state index is 13.4. The fraction of sp³-hybridized carbons (Fsp3) is 0.400. The Kier molecular flexibility index (Phi) is 3.45. The van der Waals surface area contributed by atoms with E-state index in [4.69, 9.17) is 0 Å². The molecule has 3 heteroatoms. The molecular formula is C10H12BrFO. The van der Waals surface area contributed by atoms with Crippen molar-refractivity contribution in [2.45, 2.75) is 26.4 Å². The van der Waals surface area contributed by atoms with E-state index >= 15 is 0 Å². The third kappa shape index (κ3) is 2.29. The molecule has 1 rings (SSSR count). The van der Waals surface area contributed by atoms with Gasteiger partial charge in [-0.3, -0.25) is 0 Å². The molecule has 0 saturated carbocycles. The summed E-state index contributed by atoms with van der Waals surface area (Å²) in [4.78, 5) is 0. The second-order valence-electron chi connectivity index (χ2n) is 3.07. The van der Waals surface area contributed by atoms with Crippen molar-refractivity contribution >= 4 is 15.9 Å². The second kappa shape index (κ2) is 4.20. The van der Waals surface area contributed by atoms with Gasteiger partial charge < -0.3 is 5.11 Å². The number of halogens is 2. The number of rotatable bonds is 2. The van der Waals surface area contributed by atoms with Crippen molar-refractivity contribution in [2.75, 3.05) is 0 Å². The molecule has 1 aromatic rings. The van der Waals surface area contributed by atoms with Gasteiger partial charge in [-0.25, -0.2) is 4.39 Å². The maximum Gasteiger partial charge on any atom is 0.143 e. The van der Waals surface area contributed by atoms with Gasteiger partial charge in [-0.05, 0) is 40.9 Å². The zero-order chi connectivity index (χ0) is 10.0. The first-order valence-corrected chi connectivity index (χ1v) is 4.99. The summed E-state index contributed by atoms with van der Waals surface area (Å²) in [5.41, 5.74) is 1.31. The third-order valence-electron chi connectivity index (χ3n) is 1.95. The minimum atomic E-state index is -0.712. The van der Waals surface area contributed by atoms with Gasteiger partial charge in [0.15, 0.2) is 0 Å². The Morgan fingerprint density at radius 3 is 2.69 bits per heavy atom. The van der Waals surface area contributed by atoms with Crippen LogP contribution in [0.25, 0.3) is 0 Å². The summed E-state index contributed by atoms with van der Waals surface area (Å²) in [6.07, 6.45) is -0.191. The van der Waals surface area contributed by atoms with E-state index in [0.29, 0.717) is 16.5 Å². The van der Waals surface area contributed by atoms with Crippen molar-refractivity contribution in [2.24, 2.45) is 0 Å². The number of hydrogen-bond donors (Lipinski definition) is 1. The maximum absolute atomic E-state index is 13.4. The average Bonchev–Trinajstić information content (AvgIpc) is 2.10. The number of aliphatic hydroxyl groups excluding tert-OH is 1. The number of aliphatic hydroxyl groups is 1. The molecule has 0 fully saturated rings. The van der Waals surface area contributed by atoms with E-state index < -0.39 is 6.10 Å². The van der Waals surface area contributed by atoms with Crippen molar-refractivity contribution in [3.63, 3.8) is 0 Å². The van der Waals surface area contributed by atoms with Crippen LogP contribution in [0.4, 0.5) is 4.39 Å². The Bertz CT molecular complexity index is 312. The highest BCUT2D eigenvalue weighted by Crippen LogP contribution is 2.27. The summed E-state index contributed by atoms with van der Waals surface area (Å²) < 4.78 is 13.8. The number of aryl methyl sites for hydroxylation is 1. The predicted octanol–water partition coefficient (Wildman–Crippen LogP) is 3.34. The van der Waals surface area contributed by atoms with Gasteiger partial charge in [0.05, 0.1) is 10.6 Å². The van der Waals surface area contributed by atoms with E-state index in [0.717, 1.165) is 5.56 Å². The highest BCUT2D eigenvalue weighted by atomic mass is 79.9. The third-order valence-corrected chi connectivity index (χ3v) is 2.52. The Morgan fingerprint density at radius 1 is 1.54 bits per heavy atom. The van der Waals surface area contributed by atoms with Crippen LogP contribution in [0.15, 0.2) is 16.6 Å². The highest BCUT2D eigenvalue weighted by Gasteiger charge is 2.13. The quantitative estimate of drug-likeness (QED) is 0.849. The van der Waals surface area contributed by atoms with Crippen molar-refractivity contribution in [3.05, 3.63) is 33.5 Å². The van der Waals surface area contributed by atoms with Crippen molar-refractivity contribution in [3.8, 4) is 0 Å². The molecule has 13 heavy (non-hydrogen) atoms. The van der Waals surface area contributed by atoms with Gasteiger partial charge in [-0.2, -0.15) is 0 Å². The Labute approximate surface area is 85.7 Å². The van der Waals surface area contributed by atoms with Crippen LogP contribution in [0, 0.1) is 12.7 Å². The predicted molar refractivity (Wildman–Crippen MR) is 54.1 cm³/mol. The minimum Gasteiger partial charge on any atom is -0.388 e. The first kappa shape index (κ1) is 10.7. The Hall–Kier alpha value is -0.410. The molecule has 0 bridgehead atoms. The monoisotopic (exact) mass is 246 g/mol. The van der Waals surface area contributed by atoms with Crippen LogP contribution in [-0.4, -0.2) is 5.11 Å². The van der Waals surface area contributed by atoms with Crippen LogP contribution in [0.1, 0.15) is 30.6 Å². The Morgan fingerprint density at radius 2 is 2.15 bits per heavy atom. The molecule has 0 aliphatic rings. The lowest BCUT2D eigenvalue weighted by Crippen LogP contribution is -2.00. The van der Waals surface area contributed by atoms with E-state index in [-0.39, 0.29) is 5.82 Å². The molecule has 1 N–H and O–H groups in total. The van der Waals surface area contributed by atoms with Crippen LogP contribution in [0.3, 0.4) is 0 Å². The standard InChI is InChI=1S/C10H12BrFO/c1-3-9(13)7-4-6(2)5-8(11)10(7)12/h4-5,9,13H,3H2,1-2H3. The van der Waals surface area contributed by atoms with Gasteiger partial charge in [-0.1, -0.05) is 13.0 Å². The van der Waals surface area contributed by atoms with Gasteiger partial charge in [-0.15, -0.1) is 0 Å². The smallest absolute Gasteiger partial charge is 0.143 e. The van der Waals surface area contributed by atoms with Crippen LogP contribution in [0.2, 0.25) is 0 Å². The van der Waals surface area contributed by atoms with Gasteiger partial charge in [0.2, 0.25) is 0 Å². The van der Waals surface area contributed by atoms with Gasteiger partial charge in [0.25, 0.3) is 0 Å². The lowest BCUT2D eigenvalue weighted by Gasteiger charge is -2.11. The van der Waals surface area contributed by atoms with Crippen molar-refractivity contribution in [1.82, 2.24) is 0 Å². The van der Waals surface area contributed by atoms with Crippen LogP contribution in [-0.2, 0) is 0 Å². The summed E-state index contributed by atoms with van der Waals surface area (Å²) in [5, 5.41) is 9.50. The van der Waals surface area contributed by atoms with E-state index in [1.54, 1.807) is 12.1 Å². The zero-order valence-electron chi connectivity index (χ0n) is 7.64. The molecule has 1 aromatic carbocycles. The number of hydrogen-bond acceptors (Lipinski definition) is 1. The first-order chi connectivity index (χ1) is 6.06. The number of benzene rings is 1. The summed E-state index contributed by atoms with van der Waals surface area (Å²) >= 11 is 3.11. The molecule has 0 saturated heterocycles. The summed E-state index contributed by atoms with van der Waals surface area (Å²) in [7, 11) is 0. The molecule has 1 atom stereocenters. The normalized spacial score (nSPS) is 13.0. The SMILES string of the molecule is CCC(O)c1cc(C)cc(Br)c1F. The van der Waals surface area contributed by atoms with Crippen LogP contribution >= 0.6 is 15.9 Å². The Balaban J connectivity index is 3.20. The lowest BCUT2D eigenvalue weighted by molar-refractivity contribution is 0.168. The largest absolute Gasteiger partial charge is 0.388 e. The minimum absolute atomic E-state index is 0.361. The summed E-state index contributed by atoms with van der Waals surface area (Å²) in [5.74, 6) is -0.361. The highest BCUT2D eigenvalue weighted by molar-refractivity contribution is 9.10. The fourth-order valence-electron chi connectivity index (χ4n) is 1.21. The molecule has 0 aliphatic heterocycles. The van der Waals surface area contributed by atoms with Gasteiger partial charge in [0, 0.05) is 5.56 Å². The average molecular weight is 247 g/mol. The van der Waals surface area contributed by atoms with Crippen molar-refractivity contribution < 1.29 is 9.50 Å². The van der Waals surface area contributed by atoms with Crippen LogP contribution in [0.5, 0.6) is 0 Å². The van der Waals surface area contributed by atoms with E-state index in [1.165, 1.54) is 0 Å². The van der Waals surface area contributed by atoms with Gasteiger partial charge >= 0.3 is 0 Å². The first-order valence-electron chi connectivity index (χ1n) is 4.19. The molecule has 0 heterocycles. The summed E-state index contributed by atoms with van der Waals surface area (Å²) in [6.45, 7) is 3.69. The fourth-order valence-corrected chi connectivity index (χ4v) is 1.80. The molecule has 0 spiro atoms. The molecule has 1 nitrogen and oxygen atoms in total. The van der Waals surface area contributed by atoms with Crippen molar-refractivity contribution in [1.29, 1.82) is 0 Å². The molecular weight excluding hydrogens is 235 g/mol. The van der Waals surface area contributed by atoms with E-state index in [1.807, 2.05) is 13.8 Å². The van der Waals surface area contributed by atoms with E-state index in [2.05, 4.69) is 15.9 Å². The molecule has 1 unspecified atom stereocenters. The zero-order valence-corrected chi connectivity index (χ0v) is 9.23. The van der Waals surface area contributed by atoms with Crippen LogP contribution < -0.4 is 0 Å². The summed E-state index contributed by atoms with van der Waals surface area (Å²) in [6, 6.07) is 3.37. The molecule has 0 aliphatic carbocycles. The topological polar surface area (TPSA) is 20.2 Å². The molecule has 72 valence electrons. The van der Waals surface area contributed by atoms with E-state index in [9.17, 15) is 9.50 Å². The molecule has 0 aromatic heterocycles. The molecule has 0 amide bonds. The van der Waals surface area contributed by atoms with Gasteiger partial charge in [0.1, 0.15) is 5.82 Å². The second-order valence-corrected chi connectivity index (χ2v) is 3.93. The lowest BCUT2D eigenvalue weighted by atomic mass is 10.0. The molecule has 0 radical (unpaired) electrons.